The summed E-state index contributed by atoms with van der Waals surface area (Å²) in [7, 11) is 3.32. The van der Waals surface area contributed by atoms with Crippen molar-refractivity contribution in [1.82, 2.24) is 14.4 Å². The van der Waals surface area contributed by atoms with Gasteiger partial charge in [0, 0.05) is 27.5 Å². The number of aryl methyl sites for hydroxylation is 1. The van der Waals surface area contributed by atoms with Crippen molar-refractivity contribution in [2.24, 2.45) is 0 Å². The Morgan fingerprint density at radius 3 is 2.30 bits per heavy atom. The molecule has 5 nitrogen and oxygen atoms in total. The Hall–Kier alpha value is -2.86. The minimum atomic E-state index is 0.658. The Morgan fingerprint density at radius 1 is 0.889 bits per heavy atom. The van der Waals surface area contributed by atoms with Crippen molar-refractivity contribution < 1.29 is 9.47 Å². The summed E-state index contributed by atoms with van der Waals surface area (Å²) in [6, 6.07) is 15.8. The lowest BCUT2D eigenvalue weighted by molar-refractivity contribution is 0.415. The Kier molecular flexibility index (Phi) is 4.58. The number of fused-ring (bicyclic) bond motifs is 1. The fourth-order valence-electron chi connectivity index (χ4n) is 3.04. The summed E-state index contributed by atoms with van der Waals surface area (Å²) in [6.07, 6.45) is 2.00. The molecule has 2 heterocycles. The van der Waals surface area contributed by atoms with E-state index in [1.807, 2.05) is 66.1 Å². The van der Waals surface area contributed by atoms with Crippen LogP contribution in [0.25, 0.3) is 28.3 Å². The van der Waals surface area contributed by atoms with Crippen LogP contribution in [0.15, 0.2) is 59.2 Å². The van der Waals surface area contributed by atoms with E-state index in [0.717, 1.165) is 44.2 Å². The van der Waals surface area contributed by atoms with Gasteiger partial charge in [0.1, 0.15) is 11.5 Å². The van der Waals surface area contributed by atoms with Crippen molar-refractivity contribution in [3.63, 3.8) is 0 Å². The largest absolute Gasteiger partial charge is 0.497 e. The van der Waals surface area contributed by atoms with Crippen LogP contribution in [-0.2, 0) is 0 Å². The number of rotatable bonds is 4. The molecule has 0 amide bonds. The summed E-state index contributed by atoms with van der Waals surface area (Å²) >= 11 is 3.67. The lowest BCUT2D eigenvalue weighted by Crippen LogP contribution is -1.94. The molecule has 0 aliphatic carbocycles. The van der Waals surface area contributed by atoms with Gasteiger partial charge in [-0.2, -0.15) is 0 Å². The number of imidazole rings is 1. The van der Waals surface area contributed by atoms with E-state index >= 15 is 0 Å². The number of aromatic nitrogens is 3. The highest BCUT2D eigenvalue weighted by molar-refractivity contribution is 9.10. The molecule has 0 N–H and O–H groups in total. The zero-order chi connectivity index (χ0) is 19.0. The first-order chi connectivity index (χ1) is 13.1. The van der Waals surface area contributed by atoms with Crippen LogP contribution < -0.4 is 9.47 Å². The summed E-state index contributed by atoms with van der Waals surface area (Å²) in [6.45, 7) is 1.96. The van der Waals surface area contributed by atoms with Gasteiger partial charge in [0.15, 0.2) is 0 Å². The van der Waals surface area contributed by atoms with Crippen LogP contribution >= 0.6 is 15.9 Å². The zero-order valence-electron chi connectivity index (χ0n) is 15.2. The van der Waals surface area contributed by atoms with E-state index in [1.165, 1.54) is 0 Å². The summed E-state index contributed by atoms with van der Waals surface area (Å²) in [5, 5.41) is 0. The Bertz CT molecular complexity index is 1120. The molecule has 0 spiro atoms. The van der Waals surface area contributed by atoms with Gasteiger partial charge < -0.3 is 9.47 Å². The summed E-state index contributed by atoms with van der Waals surface area (Å²) < 4.78 is 13.7. The molecule has 4 aromatic rings. The van der Waals surface area contributed by atoms with E-state index < -0.39 is 0 Å². The molecule has 0 aliphatic heterocycles. The molecule has 0 bridgehead atoms. The molecule has 0 saturated carbocycles. The molecule has 2 aromatic heterocycles. The van der Waals surface area contributed by atoms with Crippen LogP contribution in [0.4, 0.5) is 0 Å². The van der Waals surface area contributed by atoms with E-state index in [4.69, 9.17) is 14.5 Å². The first kappa shape index (κ1) is 17.5. The van der Waals surface area contributed by atoms with Gasteiger partial charge in [0.25, 0.3) is 0 Å². The van der Waals surface area contributed by atoms with E-state index in [2.05, 4.69) is 20.9 Å². The van der Waals surface area contributed by atoms with Crippen LogP contribution in [0, 0.1) is 6.92 Å². The number of nitrogens with zero attached hydrogens (tertiary/aromatic N) is 3. The molecular weight excluding hydrogens is 406 g/mol. The molecule has 0 saturated heterocycles. The molecule has 27 heavy (non-hydrogen) atoms. The van der Waals surface area contributed by atoms with Gasteiger partial charge in [-0.25, -0.2) is 9.97 Å². The van der Waals surface area contributed by atoms with Gasteiger partial charge in [0.2, 0.25) is 5.78 Å². The number of methoxy groups -OCH3 is 2. The molecule has 6 heteroatoms. The van der Waals surface area contributed by atoms with E-state index in [9.17, 15) is 0 Å². The van der Waals surface area contributed by atoms with Crippen LogP contribution in [0.2, 0.25) is 0 Å². The van der Waals surface area contributed by atoms with Gasteiger partial charge in [-0.15, -0.1) is 0 Å². The van der Waals surface area contributed by atoms with Crippen LogP contribution in [0.5, 0.6) is 11.5 Å². The smallest absolute Gasteiger partial charge is 0.235 e. The highest BCUT2D eigenvalue weighted by Crippen LogP contribution is 2.38. The minimum absolute atomic E-state index is 0.658. The van der Waals surface area contributed by atoms with Gasteiger partial charge >= 0.3 is 0 Å². The third-order valence-electron chi connectivity index (χ3n) is 4.43. The van der Waals surface area contributed by atoms with E-state index in [0.29, 0.717) is 5.78 Å². The van der Waals surface area contributed by atoms with Gasteiger partial charge in [-0.05, 0) is 55.5 Å². The van der Waals surface area contributed by atoms with Crippen molar-refractivity contribution in [2.75, 3.05) is 14.2 Å². The lowest BCUT2D eigenvalue weighted by atomic mass is 10.0. The average Bonchev–Trinajstić information content (AvgIpc) is 3.06. The van der Waals surface area contributed by atoms with Crippen molar-refractivity contribution in [3.8, 4) is 34.0 Å². The highest BCUT2D eigenvalue weighted by Gasteiger charge is 2.19. The van der Waals surface area contributed by atoms with E-state index in [-0.39, 0.29) is 0 Å². The van der Waals surface area contributed by atoms with Crippen LogP contribution in [0.3, 0.4) is 0 Å². The lowest BCUT2D eigenvalue weighted by Gasteiger charge is -2.10. The highest BCUT2D eigenvalue weighted by atomic mass is 79.9. The minimum Gasteiger partial charge on any atom is -0.497 e. The normalized spacial score (nSPS) is 11.0. The summed E-state index contributed by atoms with van der Waals surface area (Å²) in [5.41, 5.74) is 4.70. The SMILES string of the molecule is COc1ccc(-c2nc3nc(C)ccn3c2-c2cc(OC)ccc2Br)cc1. The van der Waals surface area contributed by atoms with Gasteiger partial charge in [0.05, 0.1) is 25.6 Å². The average molecular weight is 424 g/mol. The maximum absolute atomic E-state index is 5.43. The molecular formula is C21H18BrN3O2. The molecule has 0 fully saturated rings. The topological polar surface area (TPSA) is 48.7 Å². The molecule has 0 atom stereocenters. The van der Waals surface area contributed by atoms with Crippen molar-refractivity contribution >= 4 is 21.7 Å². The van der Waals surface area contributed by atoms with Crippen LogP contribution in [0.1, 0.15) is 5.69 Å². The van der Waals surface area contributed by atoms with Crippen molar-refractivity contribution in [3.05, 3.63) is 64.9 Å². The molecule has 0 aliphatic rings. The zero-order valence-corrected chi connectivity index (χ0v) is 16.8. The number of benzene rings is 2. The number of ether oxygens (including phenoxy) is 2. The second-order valence-electron chi connectivity index (χ2n) is 6.12. The van der Waals surface area contributed by atoms with Gasteiger partial charge in [-0.1, -0.05) is 15.9 Å². The first-order valence-electron chi connectivity index (χ1n) is 8.44. The van der Waals surface area contributed by atoms with Crippen molar-refractivity contribution in [2.45, 2.75) is 6.92 Å². The third kappa shape index (κ3) is 3.17. The Labute approximate surface area is 165 Å². The number of halogens is 1. The maximum atomic E-state index is 5.43. The fraction of sp³-hybridized carbons (Fsp3) is 0.143. The second-order valence-corrected chi connectivity index (χ2v) is 6.98. The second kappa shape index (κ2) is 7.04. The first-order valence-corrected chi connectivity index (χ1v) is 9.24. The summed E-state index contributed by atoms with van der Waals surface area (Å²) in [4.78, 5) is 9.42. The predicted molar refractivity (Wildman–Crippen MR) is 109 cm³/mol. The van der Waals surface area contributed by atoms with E-state index in [1.54, 1.807) is 14.2 Å². The summed E-state index contributed by atoms with van der Waals surface area (Å²) in [5.74, 6) is 2.25. The monoisotopic (exact) mass is 423 g/mol. The fourth-order valence-corrected chi connectivity index (χ4v) is 3.47. The molecule has 0 unspecified atom stereocenters. The maximum Gasteiger partial charge on any atom is 0.235 e. The number of hydrogen-bond acceptors (Lipinski definition) is 4. The standard InChI is InChI=1S/C21H18BrN3O2/c1-13-10-11-25-20(17-12-16(27-3)8-9-18(17)22)19(24-21(25)23-13)14-4-6-15(26-2)7-5-14/h4-12H,1-3H3. The van der Waals surface area contributed by atoms with Gasteiger partial charge in [-0.3, -0.25) is 4.40 Å². The third-order valence-corrected chi connectivity index (χ3v) is 5.12. The molecule has 4 rings (SSSR count). The van der Waals surface area contributed by atoms with Crippen molar-refractivity contribution in [1.29, 1.82) is 0 Å². The Morgan fingerprint density at radius 2 is 1.59 bits per heavy atom. The molecule has 2 aromatic carbocycles. The molecule has 0 radical (unpaired) electrons. The predicted octanol–water partition coefficient (Wildman–Crippen LogP) is 5.15. The number of hydrogen-bond donors (Lipinski definition) is 0. The Balaban J connectivity index is 2.02. The van der Waals surface area contributed by atoms with Crippen LogP contribution in [-0.4, -0.2) is 28.6 Å². The molecule has 136 valence electrons. The quantitative estimate of drug-likeness (QED) is 0.455.